The zero-order chi connectivity index (χ0) is 12.6. The second-order valence-corrected chi connectivity index (χ2v) is 4.71. The molecule has 1 fully saturated rings. The molecule has 0 N–H and O–H groups in total. The highest BCUT2D eigenvalue weighted by Crippen LogP contribution is 2.20. The van der Waals surface area contributed by atoms with Crippen LogP contribution in [0.1, 0.15) is 26.2 Å². The lowest BCUT2D eigenvalue weighted by atomic mass is 10.2. The number of hydrogen-bond acceptors (Lipinski definition) is 2. The van der Waals surface area contributed by atoms with Gasteiger partial charge in [-0.05, 0) is 30.7 Å². The van der Waals surface area contributed by atoms with E-state index in [1.165, 1.54) is 18.5 Å². The van der Waals surface area contributed by atoms with Crippen LogP contribution in [0.4, 0.5) is 5.69 Å². The first kappa shape index (κ1) is 13.2. The summed E-state index contributed by atoms with van der Waals surface area (Å²) >= 11 is 0. The Morgan fingerprint density at radius 3 is 2.50 bits per heavy atom. The summed E-state index contributed by atoms with van der Waals surface area (Å²) in [6, 6.07) is 8.46. The highest BCUT2D eigenvalue weighted by molar-refractivity contribution is 5.49. The molecular weight excluding hydrogens is 224 g/mol. The molecule has 0 aromatic heterocycles. The number of ether oxygens (including phenoxy) is 1. The lowest BCUT2D eigenvalue weighted by Gasteiger charge is -2.28. The molecule has 1 saturated heterocycles. The number of rotatable bonds is 6. The number of piperazine rings is 1. The van der Waals surface area contributed by atoms with Crippen molar-refractivity contribution < 1.29 is 4.74 Å². The van der Waals surface area contributed by atoms with Crippen molar-refractivity contribution in [3.8, 4) is 5.75 Å². The number of hydrogen-bond donors (Lipinski definition) is 0. The first-order valence-corrected chi connectivity index (χ1v) is 7.01. The Morgan fingerprint density at radius 1 is 1.11 bits per heavy atom. The van der Waals surface area contributed by atoms with E-state index >= 15 is 0 Å². The summed E-state index contributed by atoms with van der Waals surface area (Å²) in [4.78, 5) is 2.38. The Labute approximate surface area is 110 Å². The van der Waals surface area contributed by atoms with E-state index in [1.807, 2.05) is 0 Å². The Bertz CT molecular complexity index is 331. The second-order valence-electron chi connectivity index (χ2n) is 4.71. The Kier molecular flexibility index (Phi) is 5.34. The summed E-state index contributed by atoms with van der Waals surface area (Å²) in [6.07, 6.45) is 3.63. The summed E-state index contributed by atoms with van der Waals surface area (Å²) in [5.41, 5.74) is 1.28. The SMILES string of the molecule is CCCCCOc1ccc(N2CC[N]CC2)cc1. The van der Waals surface area contributed by atoms with Crippen LogP contribution in [0.5, 0.6) is 5.75 Å². The zero-order valence-electron chi connectivity index (χ0n) is 11.3. The van der Waals surface area contributed by atoms with Gasteiger partial charge >= 0.3 is 0 Å². The predicted octanol–water partition coefficient (Wildman–Crippen LogP) is 2.68. The maximum atomic E-state index is 5.71. The number of benzene rings is 1. The van der Waals surface area contributed by atoms with E-state index in [2.05, 4.69) is 41.4 Å². The molecule has 0 atom stereocenters. The van der Waals surface area contributed by atoms with Gasteiger partial charge in [-0.15, -0.1) is 0 Å². The summed E-state index contributed by atoms with van der Waals surface area (Å²) in [7, 11) is 0. The molecule has 2 rings (SSSR count). The Balaban J connectivity index is 1.81. The van der Waals surface area contributed by atoms with Gasteiger partial charge in [0.2, 0.25) is 0 Å². The lowest BCUT2D eigenvalue weighted by molar-refractivity contribution is 0.306. The van der Waals surface area contributed by atoms with Crippen molar-refractivity contribution in [1.29, 1.82) is 0 Å². The molecule has 0 amide bonds. The highest BCUT2D eigenvalue weighted by Gasteiger charge is 2.10. The van der Waals surface area contributed by atoms with E-state index in [4.69, 9.17) is 4.74 Å². The van der Waals surface area contributed by atoms with Crippen molar-refractivity contribution in [1.82, 2.24) is 5.32 Å². The predicted molar refractivity (Wildman–Crippen MR) is 75.5 cm³/mol. The largest absolute Gasteiger partial charge is 0.494 e. The minimum atomic E-state index is 0.829. The average Bonchev–Trinajstić information content (AvgIpc) is 2.45. The van der Waals surface area contributed by atoms with Gasteiger partial charge in [-0.3, -0.25) is 0 Å². The van der Waals surface area contributed by atoms with Crippen LogP contribution < -0.4 is 15.0 Å². The number of anilines is 1. The minimum absolute atomic E-state index is 0.829. The molecule has 99 valence electrons. The molecule has 0 spiro atoms. The van der Waals surface area contributed by atoms with Gasteiger partial charge in [-0.2, -0.15) is 0 Å². The van der Waals surface area contributed by atoms with Crippen molar-refractivity contribution in [2.45, 2.75) is 26.2 Å². The lowest BCUT2D eigenvalue weighted by Crippen LogP contribution is -2.40. The third kappa shape index (κ3) is 3.91. The molecule has 1 radical (unpaired) electrons. The topological polar surface area (TPSA) is 26.6 Å². The molecule has 0 unspecified atom stereocenters. The molecule has 1 aromatic rings. The fraction of sp³-hybridized carbons (Fsp3) is 0.600. The average molecular weight is 247 g/mol. The van der Waals surface area contributed by atoms with E-state index in [0.717, 1.165) is 45.0 Å². The van der Waals surface area contributed by atoms with Crippen LogP contribution in [-0.4, -0.2) is 32.8 Å². The van der Waals surface area contributed by atoms with Gasteiger partial charge in [0.15, 0.2) is 0 Å². The fourth-order valence-electron chi connectivity index (χ4n) is 2.16. The zero-order valence-corrected chi connectivity index (χ0v) is 11.3. The van der Waals surface area contributed by atoms with Crippen LogP contribution in [-0.2, 0) is 0 Å². The molecule has 0 aliphatic carbocycles. The third-order valence-electron chi connectivity index (χ3n) is 3.27. The molecule has 0 saturated carbocycles. The van der Waals surface area contributed by atoms with Gasteiger partial charge in [0.1, 0.15) is 5.75 Å². The van der Waals surface area contributed by atoms with Crippen LogP contribution in [0.2, 0.25) is 0 Å². The minimum Gasteiger partial charge on any atom is -0.494 e. The van der Waals surface area contributed by atoms with E-state index in [0.29, 0.717) is 0 Å². The highest BCUT2D eigenvalue weighted by atomic mass is 16.5. The number of nitrogens with zero attached hydrogens (tertiary/aromatic N) is 2. The molecule has 1 aliphatic rings. The van der Waals surface area contributed by atoms with Gasteiger partial charge in [0.05, 0.1) is 6.61 Å². The standard InChI is InChI=1S/C15H23N2O/c1-2-3-4-13-18-15-7-5-14(6-8-15)17-11-9-16-10-12-17/h5-8H,2-4,9-13H2,1H3. The molecule has 1 aromatic carbocycles. The first-order valence-electron chi connectivity index (χ1n) is 7.01. The van der Waals surface area contributed by atoms with E-state index < -0.39 is 0 Å². The second kappa shape index (κ2) is 7.27. The maximum Gasteiger partial charge on any atom is 0.119 e. The van der Waals surface area contributed by atoms with Crippen molar-refractivity contribution in [2.24, 2.45) is 0 Å². The quantitative estimate of drug-likeness (QED) is 0.723. The summed E-state index contributed by atoms with van der Waals surface area (Å²) < 4.78 is 5.71. The fourth-order valence-corrected chi connectivity index (χ4v) is 2.16. The van der Waals surface area contributed by atoms with Crippen LogP contribution in [0.15, 0.2) is 24.3 Å². The monoisotopic (exact) mass is 247 g/mol. The van der Waals surface area contributed by atoms with Crippen LogP contribution >= 0.6 is 0 Å². The summed E-state index contributed by atoms with van der Waals surface area (Å²) in [5, 5.41) is 4.36. The number of unbranched alkanes of at least 4 members (excludes halogenated alkanes) is 2. The van der Waals surface area contributed by atoms with Crippen molar-refractivity contribution >= 4 is 5.69 Å². The third-order valence-corrected chi connectivity index (χ3v) is 3.27. The normalized spacial score (nSPS) is 15.7. The molecular formula is C15H23N2O. The molecule has 0 bridgehead atoms. The smallest absolute Gasteiger partial charge is 0.119 e. The van der Waals surface area contributed by atoms with E-state index in [9.17, 15) is 0 Å². The van der Waals surface area contributed by atoms with E-state index in [1.54, 1.807) is 0 Å². The molecule has 3 heteroatoms. The Hall–Kier alpha value is -1.22. The molecule has 1 heterocycles. The maximum absolute atomic E-state index is 5.71. The summed E-state index contributed by atoms with van der Waals surface area (Å²) in [6.45, 7) is 7.02. The van der Waals surface area contributed by atoms with Crippen molar-refractivity contribution in [2.75, 3.05) is 37.7 Å². The van der Waals surface area contributed by atoms with Crippen LogP contribution in [0, 0.1) is 0 Å². The first-order chi connectivity index (χ1) is 8.90. The van der Waals surface area contributed by atoms with Gasteiger partial charge < -0.3 is 9.64 Å². The van der Waals surface area contributed by atoms with E-state index in [-0.39, 0.29) is 0 Å². The summed E-state index contributed by atoms with van der Waals surface area (Å²) in [5.74, 6) is 0.983. The van der Waals surface area contributed by atoms with Gasteiger partial charge in [-0.25, -0.2) is 5.32 Å². The van der Waals surface area contributed by atoms with Crippen LogP contribution in [0.25, 0.3) is 0 Å². The molecule has 1 aliphatic heterocycles. The van der Waals surface area contributed by atoms with Crippen LogP contribution in [0.3, 0.4) is 0 Å². The van der Waals surface area contributed by atoms with Gasteiger partial charge in [0.25, 0.3) is 0 Å². The Morgan fingerprint density at radius 2 is 1.83 bits per heavy atom. The van der Waals surface area contributed by atoms with Gasteiger partial charge in [-0.1, -0.05) is 19.8 Å². The van der Waals surface area contributed by atoms with Crippen molar-refractivity contribution in [3.05, 3.63) is 24.3 Å². The molecule has 3 nitrogen and oxygen atoms in total. The van der Waals surface area contributed by atoms with Gasteiger partial charge in [0, 0.05) is 31.9 Å². The van der Waals surface area contributed by atoms with Crippen molar-refractivity contribution in [3.63, 3.8) is 0 Å². The molecule has 18 heavy (non-hydrogen) atoms.